The summed E-state index contributed by atoms with van der Waals surface area (Å²) in [6.45, 7) is 2.33. The molecule has 5 heteroatoms. The Hall–Kier alpha value is -1.55. The Kier molecular flexibility index (Phi) is 6.22. The van der Waals surface area contributed by atoms with E-state index in [1.165, 1.54) is 7.11 Å². The fraction of sp³-hybridized carbons (Fsp3) is 0.385. The van der Waals surface area contributed by atoms with Crippen molar-refractivity contribution in [2.75, 3.05) is 13.7 Å². The third kappa shape index (κ3) is 4.37. The normalized spacial score (nSPS) is 11.2. The van der Waals surface area contributed by atoms with Crippen molar-refractivity contribution in [1.82, 2.24) is 0 Å². The van der Waals surface area contributed by atoms with Gasteiger partial charge in [0.25, 0.3) is 0 Å². The molecule has 1 aromatic carbocycles. The first-order valence-corrected chi connectivity index (χ1v) is 5.98. The van der Waals surface area contributed by atoms with Crippen LogP contribution in [0.15, 0.2) is 23.4 Å². The molecule has 0 saturated heterocycles. The van der Waals surface area contributed by atoms with Crippen molar-refractivity contribution >= 4 is 23.3 Å². The zero-order valence-corrected chi connectivity index (χ0v) is 11.2. The largest absolute Gasteiger partial charge is 0.465 e. The van der Waals surface area contributed by atoms with Gasteiger partial charge in [0.15, 0.2) is 0 Å². The molecule has 0 spiro atoms. The van der Waals surface area contributed by atoms with Crippen LogP contribution in [-0.4, -0.2) is 25.4 Å². The first-order valence-electron chi connectivity index (χ1n) is 5.60. The third-order valence-electron chi connectivity index (χ3n) is 2.10. The van der Waals surface area contributed by atoms with Crippen molar-refractivity contribution in [3.8, 4) is 0 Å². The second kappa shape index (κ2) is 7.71. The van der Waals surface area contributed by atoms with Crippen LogP contribution in [0.3, 0.4) is 0 Å². The molecule has 0 N–H and O–H groups in total. The van der Waals surface area contributed by atoms with E-state index in [0.717, 1.165) is 6.42 Å². The van der Waals surface area contributed by atoms with Crippen molar-refractivity contribution in [3.63, 3.8) is 0 Å². The van der Waals surface area contributed by atoms with Crippen LogP contribution < -0.4 is 0 Å². The second-order valence-electron chi connectivity index (χ2n) is 3.52. The monoisotopic (exact) mass is 268 g/mol. The first-order chi connectivity index (χ1) is 8.69. The summed E-state index contributed by atoms with van der Waals surface area (Å²) >= 11 is 6.03. The highest BCUT2D eigenvalue weighted by atomic mass is 35.5. The van der Waals surface area contributed by atoms with E-state index >= 15 is 0 Å². The van der Waals surface area contributed by atoms with E-state index in [9.17, 15) is 4.79 Å². The number of halogens is 1. The number of carbonyl (C=O) groups excluding carboxylic acids is 1. The molecule has 0 aliphatic carbocycles. The van der Waals surface area contributed by atoms with Gasteiger partial charge < -0.3 is 9.57 Å². The topological polar surface area (TPSA) is 47.9 Å². The number of carbonyl (C=O) groups is 1. The number of oxime groups is 1. The molecule has 97 valence electrons. The molecule has 0 aliphatic rings. The van der Waals surface area contributed by atoms with Crippen LogP contribution in [0.4, 0.5) is 0 Å². The van der Waals surface area contributed by atoms with Gasteiger partial charge in [0.2, 0.25) is 0 Å². The quantitative estimate of drug-likeness (QED) is 0.453. The number of esters is 1. The van der Waals surface area contributed by atoms with Crippen LogP contribution in [0.1, 0.15) is 25.3 Å². The van der Waals surface area contributed by atoms with Crippen LogP contribution in [-0.2, 0) is 14.4 Å². The zero-order chi connectivity index (χ0) is 13.4. The molecule has 0 saturated carbocycles. The maximum atomic E-state index is 11.6. The molecular weight excluding hydrogens is 254 g/mol. The number of hydrogen-bond donors (Lipinski definition) is 0. The van der Waals surface area contributed by atoms with Gasteiger partial charge in [0, 0.05) is 10.6 Å². The van der Waals surface area contributed by atoms with Crippen LogP contribution >= 0.6 is 11.6 Å². The standard InChI is InChI=1S/C13H15ClNO3/c1-3-8-18-13(16)9-12(15-17-2)10-6-4-5-7-11(10)14/h5-7H,3,8-9H2,1-2H3. The second-order valence-corrected chi connectivity index (χ2v) is 3.93. The first kappa shape index (κ1) is 14.5. The van der Waals surface area contributed by atoms with Crippen molar-refractivity contribution < 1.29 is 14.4 Å². The van der Waals surface area contributed by atoms with Crippen LogP contribution in [0, 0.1) is 6.07 Å². The minimum Gasteiger partial charge on any atom is -0.465 e. The average Bonchev–Trinajstić information content (AvgIpc) is 2.36. The molecule has 0 heterocycles. The highest BCUT2D eigenvalue weighted by Crippen LogP contribution is 2.17. The van der Waals surface area contributed by atoms with Gasteiger partial charge in [-0.15, -0.1) is 0 Å². The number of hydrogen-bond acceptors (Lipinski definition) is 4. The van der Waals surface area contributed by atoms with E-state index in [2.05, 4.69) is 11.2 Å². The lowest BCUT2D eigenvalue weighted by Gasteiger charge is -2.07. The molecule has 4 nitrogen and oxygen atoms in total. The summed E-state index contributed by atoms with van der Waals surface area (Å²) in [4.78, 5) is 16.3. The van der Waals surface area contributed by atoms with Crippen molar-refractivity contribution in [2.45, 2.75) is 19.8 Å². The molecule has 0 aromatic heterocycles. The maximum absolute atomic E-state index is 11.6. The highest BCUT2D eigenvalue weighted by Gasteiger charge is 2.14. The van der Waals surface area contributed by atoms with Crippen molar-refractivity contribution in [3.05, 3.63) is 34.9 Å². The van der Waals surface area contributed by atoms with Gasteiger partial charge in [0.1, 0.15) is 7.11 Å². The van der Waals surface area contributed by atoms with Gasteiger partial charge in [-0.25, -0.2) is 0 Å². The van der Waals surface area contributed by atoms with Crippen molar-refractivity contribution in [1.29, 1.82) is 0 Å². The Labute approximate surface area is 112 Å². The Morgan fingerprint density at radius 2 is 2.33 bits per heavy atom. The molecule has 0 fully saturated rings. The Morgan fingerprint density at radius 3 is 2.94 bits per heavy atom. The van der Waals surface area contributed by atoms with E-state index in [4.69, 9.17) is 21.2 Å². The SMILES string of the molecule is CCCOC(=O)CC(=NOC)c1c[c]ccc1Cl. The molecule has 0 bridgehead atoms. The summed E-state index contributed by atoms with van der Waals surface area (Å²) in [5.41, 5.74) is 1.05. The summed E-state index contributed by atoms with van der Waals surface area (Å²) in [6.07, 6.45) is 0.799. The van der Waals surface area contributed by atoms with E-state index in [-0.39, 0.29) is 12.4 Å². The number of nitrogens with zero attached hydrogens (tertiary/aromatic N) is 1. The number of rotatable bonds is 6. The third-order valence-corrected chi connectivity index (χ3v) is 2.43. The number of ether oxygens (including phenoxy) is 1. The molecule has 0 amide bonds. The lowest BCUT2D eigenvalue weighted by Crippen LogP contribution is -2.13. The summed E-state index contributed by atoms with van der Waals surface area (Å²) in [6, 6.07) is 7.91. The molecule has 0 unspecified atom stereocenters. The van der Waals surface area contributed by atoms with Gasteiger partial charge in [-0.3, -0.25) is 4.79 Å². The van der Waals surface area contributed by atoms with Crippen molar-refractivity contribution in [2.24, 2.45) is 5.16 Å². The summed E-state index contributed by atoms with van der Waals surface area (Å²) in [5.74, 6) is -0.354. The molecular formula is C13H15ClNO3. The van der Waals surface area contributed by atoms with E-state index in [0.29, 0.717) is 22.9 Å². The molecule has 18 heavy (non-hydrogen) atoms. The van der Waals surface area contributed by atoms with Gasteiger partial charge >= 0.3 is 5.97 Å². The summed E-state index contributed by atoms with van der Waals surface area (Å²) < 4.78 is 5.00. The molecule has 1 aromatic rings. The number of benzene rings is 1. The van der Waals surface area contributed by atoms with E-state index in [1.807, 2.05) is 6.92 Å². The van der Waals surface area contributed by atoms with Gasteiger partial charge in [-0.05, 0) is 24.6 Å². The zero-order valence-electron chi connectivity index (χ0n) is 10.4. The Morgan fingerprint density at radius 1 is 1.56 bits per heavy atom. The Bertz CT molecular complexity index is 432. The molecule has 0 aliphatic heterocycles. The molecule has 1 radical (unpaired) electrons. The highest BCUT2D eigenvalue weighted by molar-refractivity contribution is 6.34. The summed E-state index contributed by atoms with van der Waals surface area (Å²) in [5, 5.41) is 4.31. The maximum Gasteiger partial charge on any atom is 0.312 e. The molecule has 0 atom stereocenters. The van der Waals surface area contributed by atoms with Gasteiger partial charge in [0.05, 0.1) is 18.7 Å². The van der Waals surface area contributed by atoms with Gasteiger partial charge in [-0.2, -0.15) is 0 Å². The lowest BCUT2D eigenvalue weighted by molar-refractivity contribution is -0.142. The fourth-order valence-electron chi connectivity index (χ4n) is 1.32. The fourth-order valence-corrected chi connectivity index (χ4v) is 1.55. The summed E-state index contributed by atoms with van der Waals surface area (Å²) in [7, 11) is 1.41. The average molecular weight is 269 g/mol. The minimum atomic E-state index is -0.354. The molecule has 1 rings (SSSR count). The predicted octanol–water partition coefficient (Wildman–Crippen LogP) is 2.83. The smallest absolute Gasteiger partial charge is 0.312 e. The minimum absolute atomic E-state index is 0.0193. The Balaban J connectivity index is 2.82. The van der Waals surface area contributed by atoms with E-state index < -0.39 is 0 Å². The van der Waals surface area contributed by atoms with Crippen LogP contribution in [0.2, 0.25) is 5.02 Å². The van der Waals surface area contributed by atoms with E-state index in [1.54, 1.807) is 18.2 Å². The predicted molar refractivity (Wildman–Crippen MR) is 69.7 cm³/mol. The van der Waals surface area contributed by atoms with Gasteiger partial charge in [-0.1, -0.05) is 29.7 Å². The van der Waals surface area contributed by atoms with Crippen LogP contribution in [0.5, 0.6) is 0 Å². The lowest BCUT2D eigenvalue weighted by atomic mass is 10.1. The van der Waals surface area contributed by atoms with Crippen LogP contribution in [0.25, 0.3) is 0 Å².